The van der Waals surface area contributed by atoms with Crippen molar-refractivity contribution in [1.82, 2.24) is 5.32 Å². The standard InChI is InChI=1S/C9H17NO2/c1-4-12-6-5-10-8(2)7-9(3)11/h7,10H,4-6H2,1-3H3/b8-7+. The van der Waals surface area contributed by atoms with E-state index in [1.807, 2.05) is 13.8 Å². The van der Waals surface area contributed by atoms with Crippen LogP contribution in [0.3, 0.4) is 0 Å². The van der Waals surface area contributed by atoms with Crippen LogP contribution in [0, 0.1) is 0 Å². The molecule has 0 aliphatic heterocycles. The maximum absolute atomic E-state index is 10.6. The maximum Gasteiger partial charge on any atom is 0.154 e. The van der Waals surface area contributed by atoms with Gasteiger partial charge in [-0.2, -0.15) is 0 Å². The van der Waals surface area contributed by atoms with E-state index in [4.69, 9.17) is 4.74 Å². The van der Waals surface area contributed by atoms with E-state index in [1.54, 1.807) is 6.08 Å². The van der Waals surface area contributed by atoms with Crippen LogP contribution in [0.4, 0.5) is 0 Å². The first kappa shape index (κ1) is 11.2. The number of rotatable bonds is 6. The summed E-state index contributed by atoms with van der Waals surface area (Å²) in [5, 5.41) is 3.06. The molecule has 1 N–H and O–H groups in total. The molecule has 0 atom stereocenters. The molecule has 0 heterocycles. The highest BCUT2D eigenvalue weighted by molar-refractivity contribution is 5.87. The predicted molar refractivity (Wildman–Crippen MR) is 48.9 cm³/mol. The topological polar surface area (TPSA) is 38.3 Å². The quantitative estimate of drug-likeness (QED) is 0.480. The van der Waals surface area contributed by atoms with Gasteiger partial charge in [0.15, 0.2) is 5.78 Å². The van der Waals surface area contributed by atoms with E-state index in [9.17, 15) is 4.79 Å². The molecule has 0 radical (unpaired) electrons. The lowest BCUT2D eigenvalue weighted by atomic mass is 10.3. The molecular formula is C9H17NO2. The van der Waals surface area contributed by atoms with Gasteiger partial charge in [0.25, 0.3) is 0 Å². The van der Waals surface area contributed by atoms with Crippen LogP contribution in [0.15, 0.2) is 11.8 Å². The normalized spacial score (nSPS) is 11.4. The average molecular weight is 171 g/mol. The number of nitrogens with one attached hydrogen (secondary N) is 1. The van der Waals surface area contributed by atoms with Crippen molar-refractivity contribution < 1.29 is 9.53 Å². The molecule has 0 amide bonds. The second kappa shape index (κ2) is 6.85. The highest BCUT2D eigenvalue weighted by atomic mass is 16.5. The van der Waals surface area contributed by atoms with Crippen molar-refractivity contribution in [3.63, 3.8) is 0 Å². The monoisotopic (exact) mass is 171 g/mol. The maximum atomic E-state index is 10.6. The van der Waals surface area contributed by atoms with Crippen molar-refractivity contribution in [2.45, 2.75) is 20.8 Å². The van der Waals surface area contributed by atoms with Gasteiger partial charge in [-0.15, -0.1) is 0 Å². The Kier molecular flexibility index (Phi) is 6.38. The smallest absolute Gasteiger partial charge is 0.154 e. The number of carbonyl (C=O) groups is 1. The van der Waals surface area contributed by atoms with E-state index in [0.717, 1.165) is 18.8 Å². The molecule has 0 aromatic heterocycles. The van der Waals surface area contributed by atoms with Crippen molar-refractivity contribution in [1.29, 1.82) is 0 Å². The number of allylic oxidation sites excluding steroid dienone is 2. The van der Waals surface area contributed by atoms with Gasteiger partial charge in [0, 0.05) is 18.8 Å². The molecule has 0 fully saturated rings. The summed E-state index contributed by atoms with van der Waals surface area (Å²) in [6, 6.07) is 0. The number of hydrogen-bond acceptors (Lipinski definition) is 3. The molecule has 0 aliphatic carbocycles. The van der Waals surface area contributed by atoms with E-state index < -0.39 is 0 Å². The molecule has 3 nitrogen and oxygen atoms in total. The van der Waals surface area contributed by atoms with Gasteiger partial charge in [0.1, 0.15) is 0 Å². The van der Waals surface area contributed by atoms with Crippen LogP contribution >= 0.6 is 0 Å². The van der Waals surface area contributed by atoms with Crippen molar-refractivity contribution in [3.8, 4) is 0 Å². The van der Waals surface area contributed by atoms with Crippen LogP contribution < -0.4 is 5.32 Å². The molecular weight excluding hydrogens is 154 g/mol. The third-order valence-electron chi connectivity index (χ3n) is 1.27. The first-order valence-corrected chi connectivity index (χ1v) is 4.17. The Bertz CT molecular complexity index is 164. The lowest BCUT2D eigenvalue weighted by Crippen LogP contribution is -2.18. The number of ether oxygens (including phenoxy) is 1. The third kappa shape index (κ3) is 7.28. The van der Waals surface area contributed by atoms with Gasteiger partial charge in [-0.1, -0.05) is 0 Å². The van der Waals surface area contributed by atoms with Crippen LogP contribution in [0.1, 0.15) is 20.8 Å². The van der Waals surface area contributed by atoms with E-state index in [1.165, 1.54) is 6.92 Å². The SMILES string of the molecule is CCOCCN/C(C)=C/C(C)=O. The molecule has 3 heteroatoms. The van der Waals surface area contributed by atoms with Crippen LogP contribution in [-0.2, 0) is 9.53 Å². The highest BCUT2D eigenvalue weighted by Gasteiger charge is 1.90. The van der Waals surface area contributed by atoms with Gasteiger partial charge in [0.05, 0.1) is 6.61 Å². The van der Waals surface area contributed by atoms with E-state index in [0.29, 0.717) is 6.61 Å². The molecule has 0 unspecified atom stereocenters. The second-order valence-electron chi connectivity index (χ2n) is 2.56. The fourth-order valence-corrected chi connectivity index (χ4v) is 0.821. The van der Waals surface area contributed by atoms with E-state index in [-0.39, 0.29) is 5.78 Å². The number of carbonyl (C=O) groups excluding carboxylic acids is 1. The number of ketones is 1. The lowest BCUT2D eigenvalue weighted by Gasteiger charge is -2.05. The van der Waals surface area contributed by atoms with Gasteiger partial charge < -0.3 is 10.1 Å². The largest absolute Gasteiger partial charge is 0.386 e. The zero-order valence-electron chi connectivity index (χ0n) is 8.02. The third-order valence-corrected chi connectivity index (χ3v) is 1.27. The Balaban J connectivity index is 3.43. The Morgan fingerprint density at radius 1 is 1.50 bits per heavy atom. The Labute approximate surface area is 73.8 Å². The summed E-state index contributed by atoms with van der Waals surface area (Å²) in [7, 11) is 0. The van der Waals surface area contributed by atoms with Gasteiger partial charge >= 0.3 is 0 Å². The highest BCUT2D eigenvalue weighted by Crippen LogP contribution is 1.86. The predicted octanol–water partition coefficient (Wildman–Crippen LogP) is 1.11. The summed E-state index contributed by atoms with van der Waals surface area (Å²) in [5.41, 5.74) is 0.891. The minimum absolute atomic E-state index is 0.0661. The first-order valence-electron chi connectivity index (χ1n) is 4.17. The van der Waals surface area contributed by atoms with Crippen molar-refractivity contribution in [3.05, 3.63) is 11.8 Å². The van der Waals surface area contributed by atoms with E-state index >= 15 is 0 Å². The Morgan fingerprint density at radius 2 is 2.17 bits per heavy atom. The van der Waals surface area contributed by atoms with Gasteiger partial charge in [-0.3, -0.25) is 4.79 Å². The fraction of sp³-hybridized carbons (Fsp3) is 0.667. The summed E-state index contributed by atoms with van der Waals surface area (Å²) < 4.78 is 5.11. The molecule has 0 spiro atoms. The zero-order valence-corrected chi connectivity index (χ0v) is 8.02. The van der Waals surface area contributed by atoms with E-state index in [2.05, 4.69) is 5.32 Å². The summed E-state index contributed by atoms with van der Waals surface area (Å²) in [5.74, 6) is 0.0661. The Morgan fingerprint density at radius 3 is 2.67 bits per heavy atom. The van der Waals surface area contributed by atoms with Crippen LogP contribution in [-0.4, -0.2) is 25.5 Å². The molecule has 70 valence electrons. The minimum Gasteiger partial charge on any atom is -0.386 e. The molecule has 0 saturated carbocycles. The Hall–Kier alpha value is -0.830. The molecule has 0 rings (SSSR count). The van der Waals surface area contributed by atoms with Crippen LogP contribution in [0.25, 0.3) is 0 Å². The molecule has 12 heavy (non-hydrogen) atoms. The summed E-state index contributed by atoms with van der Waals surface area (Å²) in [4.78, 5) is 10.6. The van der Waals surface area contributed by atoms with Gasteiger partial charge in [-0.25, -0.2) is 0 Å². The van der Waals surface area contributed by atoms with Crippen molar-refractivity contribution in [2.75, 3.05) is 19.8 Å². The van der Waals surface area contributed by atoms with Crippen LogP contribution in [0.2, 0.25) is 0 Å². The van der Waals surface area contributed by atoms with Gasteiger partial charge in [-0.05, 0) is 26.8 Å². The van der Waals surface area contributed by atoms with Crippen molar-refractivity contribution >= 4 is 5.78 Å². The van der Waals surface area contributed by atoms with Crippen molar-refractivity contribution in [2.24, 2.45) is 0 Å². The molecule has 0 aliphatic rings. The fourth-order valence-electron chi connectivity index (χ4n) is 0.821. The summed E-state index contributed by atoms with van der Waals surface area (Å²) in [6.07, 6.45) is 1.58. The average Bonchev–Trinajstić information content (AvgIpc) is 1.97. The molecule has 0 bridgehead atoms. The molecule has 0 saturated heterocycles. The van der Waals surface area contributed by atoms with Gasteiger partial charge in [0.2, 0.25) is 0 Å². The zero-order chi connectivity index (χ0) is 9.40. The molecule has 0 aromatic rings. The first-order chi connectivity index (χ1) is 5.66. The summed E-state index contributed by atoms with van der Waals surface area (Å²) >= 11 is 0. The molecule has 0 aromatic carbocycles. The second-order valence-corrected chi connectivity index (χ2v) is 2.56. The lowest BCUT2D eigenvalue weighted by molar-refractivity contribution is -0.112. The number of hydrogen-bond donors (Lipinski definition) is 1. The van der Waals surface area contributed by atoms with Crippen LogP contribution in [0.5, 0.6) is 0 Å². The summed E-state index contributed by atoms with van der Waals surface area (Å²) in [6.45, 7) is 7.53. The minimum atomic E-state index is 0.0661.